The fourth-order valence-corrected chi connectivity index (χ4v) is 2.92. The number of nitrogens with zero attached hydrogens (tertiary/aromatic N) is 1. The second-order valence-corrected chi connectivity index (χ2v) is 6.17. The summed E-state index contributed by atoms with van der Waals surface area (Å²) in [4.78, 5) is 26.0. The molecule has 23 heavy (non-hydrogen) atoms. The molecule has 118 valence electrons. The SMILES string of the molecule is O=C1CN(c2ccccc2NC(=O)c2cccc(Br)c2)CCN1. The molecule has 2 aromatic carbocycles. The number of benzene rings is 2. The number of nitrogens with one attached hydrogen (secondary N) is 2. The Bertz CT molecular complexity index is 748. The predicted molar refractivity (Wildman–Crippen MR) is 93.8 cm³/mol. The van der Waals surface area contributed by atoms with Crippen LogP contribution in [0.2, 0.25) is 0 Å². The van der Waals surface area contributed by atoms with Crippen LogP contribution in [0.4, 0.5) is 11.4 Å². The van der Waals surface area contributed by atoms with E-state index >= 15 is 0 Å². The van der Waals surface area contributed by atoms with Crippen molar-refractivity contribution in [1.29, 1.82) is 0 Å². The molecule has 3 rings (SSSR count). The molecule has 2 N–H and O–H groups in total. The Kier molecular flexibility index (Phi) is 4.62. The zero-order valence-electron chi connectivity index (χ0n) is 12.4. The number of carbonyl (C=O) groups is 2. The van der Waals surface area contributed by atoms with E-state index in [1.165, 1.54) is 0 Å². The Balaban J connectivity index is 1.83. The van der Waals surface area contributed by atoms with Gasteiger partial charge >= 0.3 is 0 Å². The van der Waals surface area contributed by atoms with E-state index in [0.717, 1.165) is 16.7 Å². The number of halogens is 1. The van der Waals surface area contributed by atoms with Gasteiger partial charge in [0, 0.05) is 23.1 Å². The van der Waals surface area contributed by atoms with Gasteiger partial charge in [-0.1, -0.05) is 34.1 Å². The fraction of sp³-hybridized carbons (Fsp3) is 0.176. The van der Waals surface area contributed by atoms with Crippen LogP contribution >= 0.6 is 15.9 Å². The molecule has 0 aromatic heterocycles. The summed E-state index contributed by atoms with van der Waals surface area (Å²) >= 11 is 3.37. The summed E-state index contributed by atoms with van der Waals surface area (Å²) in [6.07, 6.45) is 0. The Morgan fingerprint density at radius 2 is 2.00 bits per heavy atom. The first kappa shape index (κ1) is 15.6. The lowest BCUT2D eigenvalue weighted by Gasteiger charge is -2.30. The lowest BCUT2D eigenvalue weighted by atomic mass is 10.2. The molecule has 1 aliphatic rings. The summed E-state index contributed by atoms with van der Waals surface area (Å²) in [5.41, 5.74) is 2.13. The first-order valence-corrected chi connectivity index (χ1v) is 8.10. The van der Waals surface area contributed by atoms with Crippen molar-refractivity contribution in [2.24, 2.45) is 0 Å². The number of piperazine rings is 1. The minimum atomic E-state index is -0.180. The number of para-hydroxylation sites is 2. The number of amides is 2. The van der Waals surface area contributed by atoms with E-state index < -0.39 is 0 Å². The van der Waals surface area contributed by atoms with E-state index in [9.17, 15) is 9.59 Å². The maximum Gasteiger partial charge on any atom is 0.255 e. The normalized spacial score (nSPS) is 14.3. The smallest absolute Gasteiger partial charge is 0.255 e. The third kappa shape index (κ3) is 3.71. The van der Waals surface area contributed by atoms with Crippen molar-refractivity contribution in [2.45, 2.75) is 0 Å². The van der Waals surface area contributed by atoms with Crippen LogP contribution < -0.4 is 15.5 Å². The maximum absolute atomic E-state index is 12.4. The highest BCUT2D eigenvalue weighted by Gasteiger charge is 2.19. The van der Waals surface area contributed by atoms with Gasteiger partial charge in [0.15, 0.2) is 0 Å². The van der Waals surface area contributed by atoms with Gasteiger partial charge in [0.05, 0.1) is 17.9 Å². The first-order valence-electron chi connectivity index (χ1n) is 7.31. The lowest BCUT2D eigenvalue weighted by Crippen LogP contribution is -2.47. The molecule has 0 bridgehead atoms. The van der Waals surface area contributed by atoms with E-state index in [2.05, 4.69) is 26.6 Å². The minimum absolute atomic E-state index is 0.00984. The van der Waals surface area contributed by atoms with Crippen LogP contribution in [-0.2, 0) is 4.79 Å². The maximum atomic E-state index is 12.4. The van der Waals surface area contributed by atoms with Crippen LogP contribution in [0, 0.1) is 0 Å². The number of anilines is 2. The molecule has 2 amide bonds. The molecule has 1 saturated heterocycles. The predicted octanol–water partition coefficient (Wildman–Crippen LogP) is 2.64. The summed E-state index contributed by atoms with van der Waals surface area (Å²) in [5.74, 6) is -0.190. The van der Waals surface area contributed by atoms with Crippen LogP contribution in [0.25, 0.3) is 0 Å². The largest absolute Gasteiger partial charge is 0.359 e. The van der Waals surface area contributed by atoms with E-state index in [1.54, 1.807) is 12.1 Å². The van der Waals surface area contributed by atoms with Gasteiger partial charge in [0.2, 0.25) is 5.91 Å². The molecule has 2 aromatic rings. The van der Waals surface area contributed by atoms with Crippen molar-refractivity contribution in [3.8, 4) is 0 Å². The fourth-order valence-electron chi connectivity index (χ4n) is 2.52. The van der Waals surface area contributed by atoms with E-state index in [4.69, 9.17) is 0 Å². The molecule has 6 heteroatoms. The van der Waals surface area contributed by atoms with Crippen molar-refractivity contribution in [3.05, 3.63) is 58.6 Å². The van der Waals surface area contributed by atoms with Crippen molar-refractivity contribution >= 4 is 39.1 Å². The summed E-state index contributed by atoms with van der Waals surface area (Å²) in [6.45, 7) is 1.62. The highest BCUT2D eigenvalue weighted by atomic mass is 79.9. The molecule has 1 heterocycles. The molecule has 5 nitrogen and oxygen atoms in total. The third-order valence-electron chi connectivity index (χ3n) is 3.62. The summed E-state index contributed by atoms with van der Waals surface area (Å²) in [6, 6.07) is 14.7. The second-order valence-electron chi connectivity index (χ2n) is 5.25. The Morgan fingerprint density at radius 3 is 2.78 bits per heavy atom. The van der Waals surface area contributed by atoms with Crippen LogP contribution in [0.1, 0.15) is 10.4 Å². The Hall–Kier alpha value is -2.34. The second kappa shape index (κ2) is 6.83. The molecule has 0 saturated carbocycles. The lowest BCUT2D eigenvalue weighted by molar-refractivity contribution is -0.120. The quantitative estimate of drug-likeness (QED) is 0.869. The molecule has 0 radical (unpaired) electrons. The van der Waals surface area contributed by atoms with Crippen LogP contribution in [0.3, 0.4) is 0 Å². The highest BCUT2D eigenvalue weighted by Crippen LogP contribution is 2.26. The van der Waals surface area contributed by atoms with Crippen LogP contribution in [0.15, 0.2) is 53.0 Å². The van der Waals surface area contributed by atoms with Gasteiger partial charge in [-0.2, -0.15) is 0 Å². The summed E-state index contributed by atoms with van der Waals surface area (Å²) in [7, 11) is 0. The van der Waals surface area contributed by atoms with E-state index in [0.29, 0.717) is 24.3 Å². The standard InChI is InChI=1S/C17H16BrN3O2/c18-13-5-3-4-12(10-13)17(23)20-14-6-1-2-7-15(14)21-9-8-19-16(22)11-21/h1-7,10H,8-9,11H2,(H,19,22)(H,20,23). The zero-order chi connectivity index (χ0) is 16.2. The van der Waals surface area contributed by atoms with Crippen molar-refractivity contribution in [1.82, 2.24) is 5.32 Å². The highest BCUT2D eigenvalue weighted by molar-refractivity contribution is 9.10. The first-order chi connectivity index (χ1) is 11.1. The van der Waals surface area contributed by atoms with Crippen molar-refractivity contribution < 1.29 is 9.59 Å². The number of carbonyl (C=O) groups excluding carboxylic acids is 2. The molecule has 0 spiro atoms. The van der Waals surface area contributed by atoms with E-state index in [-0.39, 0.29) is 11.8 Å². The van der Waals surface area contributed by atoms with Crippen LogP contribution in [-0.4, -0.2) is 31.4 Å². The van der Waals surface area contributed by atoms with Gasteiger partial charge in [0.25, 0.3) is 5.91 Å². The topological polar surface area (TPSA) is 61.4 Å². The monoisotopic (exact) mass is 373 g/mol. The molecule has 1 aliphatic heterocycles. The van der Waals surface area contributed by atoms with Gasteiger partial charge in [-0.15, -0.1) is 0 Å². The number of hydrogen-bond acceptors (Lipinski definition) is 3. The Morgan fingerprint density at radius 1 is 1.17 bits per heavy atom. The average molecular weight is 374 g/mol. The van der Waals surface area contributed by atoms with Gasteiger partial charge in [-0.3, -0.25) is 9.59 Å². The van der Waals surface area contributed by atoms with Crippen molar-refractivity contribution in [3.63, 3.8) is 0 Å². The third-order valence-corrected chi connectivity index (χ3v) is 4.11. The molecular formula is C17H16BrN3O2. The number of rotatable bonds is 3. The molecule has 0 aliphatic carbocycles. The summed E-state index contributed by atoms with van der Waals surface area (Å²) in [5, 5.41) is 5.73. The van der Waals surface area contributed by atoms with Gasteiger partial charge in [-0.25, -0.2) is 0 Å². The minimum Gasteiger partial charge on any atom is -0.359 e. The van der Waals surface area contributed by atoms with E-state index in [1.807, 2.05) is 41.3 Å². The van der Waals surface area contributed by atoms with Crippen molar-refractivity contribution in [2.75, 3.05) is 29.9 Å². The van der Waals surface area contributed by atoms with Crippen LogP contribution in [0.5, 0.6) is 0 Å². The van der Waals surface area contributed by atoms with Gasteiger partial charge < -0.3 is 15.5 Å². The molecular weight excluding hydrogens is 358 g/mol. The molecule has 0 atom stereocenters. The molecule has 1 fully saturated rings. The van der Waals surface area contributed by atoms with Gasteiger partial charge in [-0.05, 0) is 30.3 Å². The number of hydrogen-bond donors (Lipinski definition) is 2. The average Bonchev–Trinajstić information content (AvgIpc) is 2.55. The summed E-state index contributed by atoms with van der Waals surface area (Å²) < 4.78 is 0.853. The van der Waals surface area contributed by atoms with Gasteiger partial charge in [0.1, 0.15) is 0 Å². The zero-order valence-corrected chi connectivity index (χ0v) is 14.0. The molecule has 0 unspecified atom stereocenters. The Labute approximate surface area is 142 Å².